The number of rotatable bonds is 6. The van der Waals surface area contributed by atoms with Crippen LogP contribution < -0.4 is 10.6 Å². The van der Waals surface area contributed by atoms with Gasteiger partial charge in [-0.3, -0.25) is 9.59 Å². The van der Waals surface area contributed by atoms with E-state index in [1.54, 1.807) is 13.8 Å². The Kier molecular flexibility index (Phi) is 5.97. The van der Waals surface area contributed by atoms with Gasteiger partial charge in [0.1, 0.15) is 5.41 Å². The highest BCUT2D eigenvalue weighted by Crippen LogP contribution is 2.21. The first-order valence-corrected chi connectivity index (χ1v) is 8.54. The van der Waals surface area contributed by atoms with E-state index in [0.29, 0.717) is 0 Å². The van der Waals surface area contributed by atoms with Crippen LogP contribution in [0.15, 0.2) is 60.7 Å². The highest BCUT2D eigenvalue weighted by molar-refractivity contribution is 6.04. The summed E-state index contributed by atoms with van der Waals surface area (Å²) in [5.74, 6) is -0.580. The minimum absolute atomic E-state index is 0.160. The van der Waals surface area contributed by atoms with Crippen LogP contribution in [0.4, 0.5) is 0 Å². The van der Waals surface area contributed by atoms with E-state index in [-0.39, 0.29) is 23.9 Å². The lowest BCUT2D eigenvalue weighted by Gasteiger charge is -2.27. The van der Waals surface area contributed by atoms with Crippen molar-refractivity contribution in [2.45, 2.75) is 39.8 Å². The topological polar surface area (TPSA) is 58.2 Å². The van der Waals surface area contributed by atoms with E-state index in [9.17, 15) is 9.59 Å². The van der Waals surface area contributed by atoms with Crippen LogP contribution in [0.3, 0.4) is 0 Å². The number of benzene rings is 2. The Hall–Kier alpha value is -2.62. The molecule has 0 saturated carbocycles. The minimum Gasteiger partial charge on any atom is -0.349 e. The SMILES string of the molecule is CC(NC(=O)C(C)(C)C(=O)NC(C)c1ccccc1)c1ccccc1. The lowest BCUT2D eigenvalue weighted by molar-refractivity contribution is -0.142. The van der Waals surface area contributed by atoms with Crippen LogP contribution in [-0.2, 0) is 9.59 Å². The van der Waals surface area contributed by atoms with Crippen LogP contribution in [0.25, 0.3) is 0 Å². The fourth-order valence-corrected chi connectivity index (χ4v) is 2.51. The zero-order valence-corrected chi connectivity index (χ0v) is 15.2. The molecule has 0 saturated heterocycles. The third-order valence-corrected chi connectivity index (χ3v) is 4.43. The van der Waals surface area contributed by atoms with Gasteiger partial charge in [-0.05, 0) is 38.8 Å². The molecule has 0 fully saturated rings. The lowest BCUT2D eigenvalue weighted by Crippen LogP contribution is -2.48. The largest absolute Gasteiger partial charge is 0.349 e. The van der Waals surface area contributed by atoms with Crippen molar-refractivity contribution >= 4 is 11.8 Å². The second kappa shape index (κ2) is 7.97. The summed E-state index contributed by atoms with van der Waals surface area (Å²) in [5.41, 5.74) is 0.848. The van der Waals surface area contributed by atoms with Gasteiger partial charge in [-0.1, -0.05) is 60.7 Å². The summed E-state index contributed by atoms with van der Waals surface area (Å²) in [6.45, 7) is 7.11. The molecular weight excluding hydrogens is 312 g/mol. The zero-order chi connectivity index (χ0) is 18.4. The highest BCUT2D eigenvalue weighted by Gasteiger charge is 2.37. The number of nitrogens with one attached hydrogen (secondary N) is 2. The van der Waals surface area contributed by atoms with Crippen molar-refractivity contribution in [3.63, 3.8) is 0 Å². The number of amides is 2. The Labute approximate surface area is 149 Å². The first-order valence-electron chi connectivity index (χ1n) is 8.54. The predicted octanol–water partition coefficient (Wildman–Crippen LogP) is 3.77. The van der Waals surface area contributed by atoms with E-state index in [0.717, 1.165) is 11.1 Å². The molecule has 2 N–H and O–H groups in total. The van der Waals surface area contributed by atoms with Crippen LogP contribution in [0.5, 0.6) is 0 Å². The van der Waals surface area contributed by atoms with Gasteiger partial charge in [-0.2, -0.15) is 0 Å². The van der Waals surface area contributed by atoms with Gasteiger partial charge < -0.3 is 10.6 Å². The van der Waals surface area contributed by atoms with Gasteiger partial charge in [0.15, 0.2) is 0 Å². The van der Waals surface area contributed by atoms with Crippen LogP contribution in [0.1, 0.15) is 50.9 Å². The maximum absolute atomic E-state index is 12.6. The van der Waals surface area contributed by atoms with E-state index < -0.39 is 5.41 Å². The van der Waals surface area contributed by atoms with E-state index >= 15 is 0 Å². The Morgan fingerprint density at radius 1 is 0.720 bits per heavy atom. The molecule has 2 unspecified atom stereocenters. The van der Waals surface area contributed by atoms with Crippen LogP contribution in [0.2, 0.25) is 0 Å². The van der Waals surface area contributed by atoms with Crippen molar-refractivity contribution in [1.82, 2.24) is 10.6 Å². The van der Waals surface area contributed by atoms with Gasteiger partial charge in [-0.15, -0.1) is 0 Å². The molecule has 0 radical (unpaired) electrons. The predicted molar refractivity (Wildman–Crippen MR) is 99.8 cm³/mol. The Morgan fingerprint density at radius 2 is 1.04 bits per heavy atom. The monoisotopic (exact) mass is 338 g/mol. The molecular formula is C21H26N2O2. The van der Waals surface area contributed by atoms with Gasteiger partial charge in [0, 0.05) is 0 Å². The van der Waals surface area contributed by atoms with Crippen molar-refractivity contribution < 1.29 is 9.59 Å². The molecule has 2 aromatic carbocycles. The van der Waals surface area contributed by atoms with E-state index in [1.165, 1.54) is 0 Å². The normalized spacial score (nSPS) is 13.6. The van der Waals surface area contributed by atoms with Crippen molar-refractivity contribution in [3.8, 4) is 0 Å². The fourth-order valence-electron chi connectivity index (χ4n) is 2.51. The molecule has 0 aromatic heterocycles. The maximum atomic E-state index is 12.6. The highest BCUT2D eigenvalue weighted by atomic mass is 16.2. The first-order chi connectivity index (χ1) is 11.8. The molecule has 2 aromatic rings. The average molecular weight is 338 g/mol. The fraction of sp³-hybridized carbons (Fsp3) is 0.333. The molecule has 2 atom stereocenters. The number of carbonyl (C=O) groups is 2. The second-order valence-electron chi connectivity index (χ2n) is 6.84. The Balaban J connectivity index is 2.01. The molecule has 0 aliphatic heterocycles. The van der Waals surface area contributed by atoms with Crippen molar-refractivity contribution in [1.29, 1.82) is 0 Å². The summed E-state index contributed by atoms with van der Waals surface area (Å²) in [6, 6.07) is 19.1. The first kappa shape index (κ1) is 18.7. The third kappa shape index (κ3) is 4.69. The number of carbonyl (C=O) groups excluding carboxylic acids is 2. The summed E-state index contributed by atoms with van der Waals surface area (Å²) in [6.07, 6.45) is 0. The molecule has 4 nitrogen and oxygen atoms in total. The summed E-state index contributed by atoms with van der Waals surface area (Å²) in [7, 11) is 0. The summed E-state index contributed by atoms with van der Waals surface area (Å²) < 4.78 is 0. The molecule has 4 heteroatoms. The number of hydrogen-bond acceptors (Lipinski definition) is 2. The average Bonchev–Trinajstić information content (AvgIpc) is 2.62. The molecule has 0 heterocycles. The quantitative estimate of drug-likeness (QED) is 0.788. The van der Waals surface area contributed by atoms with Crippen LogP contribution >= 0.6 is 0 Å². The standard InChI is InChI=1S/C21H26N2O2/c1-15(17-11-7-5-8-12-17)22-19(24)21(3,4)20(25)23-16(2)18-13-9-6-10-14-18/h5-16H,1-4H3,(H,22,24)(H,23,25). The minimum atomic E-state index is -1.16. The number of hydrogen-bond donors (Lipinski definition) is 2. The molecule has 2 rings (SSSR count). The molecule has 0 aliphatic rings. The van der Waals surface area contributed by atoms with Crippen LogP contribution in [-0.4, -0.2) is 11.8 Å². The maximum Gasteiger partial charge on any atom is 0.235 e. The molecule has 25 heavy (non-hydrogen) atoms. The molecule has 132 valence electrons. The summed E-state index contributed by atoms with van der Waals surface area (Å²) in [4.78, 5) is 25.3. The van der Waals surface area contributed by atoms with E-state index in [2.05, 4.69) is 10.6 Å². The van der Waals surface area contributed by atoms with E-state index in [1.807, 2.05) is 74.5 Å². The molecule has 2 amide bonds. The third-order valence-electron chi connectivity index (χ3n) is 4.43. The van der Waals surface area contributed by atoms with Gasteiger partial charge in [-0.25, -0.2) is 0 Å². The van der Waals surface area contributed by atoms with Crippen molar-refractivity contribution in [2.75, 3.05) is 0 Å². The second-order valence-corrected chi connectivity index (χ2v) is 6.84. The van der Waals surface area contributed by atoms with Crippen molar-refractivity contribution in [2.24, 2.45) is 5.41 Å². The molecule has 0 bridgehead atoms. The van der Waals surface area contributed by atoms with Crippen molar-refractivity contribution in [3.05, 3.63) is 71.8 Å². The summed E-state index contributed by atoms with van der Waals surface area (Å²) >= 11 is 0. The van der Waals surface area contributed by atoms with Gasteiger partial charge in [0.25, 0.3) is 0 Å². The van der Waals surface area contributed by atoms with Gasteiger partial charge in [0.2, 0.25) is 11.8 Å². The van der Waals surface area contributed by atoms with Crippen LogP contribution in [0, 0.1) is 5.41 Å². The Morgan fingerprint density at radius 3 is 1.36 bits per heavy atom. The van der Waals surface area contributed by atoms with Gasteiger partial charge >= 0.3 is 0 Å². The lowest BCUT2D eigenvalue weighted by atomic mass is 9.89. The Bertz CT molecular complexity index is 650. The smallest absolute Gasteiger partial charge is 0.235 e. The summed E-state index contributed by atoms with van der Waals surface area (Å²) in [5, 5.41) is 5.86. The van der Waals surface area contributed by atoms with E-state index in [4.69, 9.17) is 0 Å². The zero-order valence-electron chi connectivity index (χ0n) is 15.2. The van der Waals surface area contributed by atoms with Gasteiger partial charge in [0.05, 0.1) is 12.1 Å². The molecule has 0 spiro atoms. The molecule has 0 aliphatic carbocycles.